The molecule has 30 heavy (non-hydrogen) atoms. The molecule has 0 spiro atoms. The van der Waals surface area contributed by atoms with Gasteiger partial charge >= 0.3 is 0 Å². The number of aryl methyl sites for hydroxylation is 3. The molecular weight excluding hydrogens is 383 g/mol. The minimum Gasteiger partial charge on any atom is -0.396 e. The van der Waals surface area contributed by atoms with Crippen LogP contribution >= 0.6 is 0 Å². The second-order valence-electron chi connectivity index (χ2n) is 8.20. The number of pyridine rings is 1. The molecule has 0 saturated carbocycles. The molecule has 3 aromatic rings. The van der Waals surface area contributed by atoms with E-state index in [4.69, 9.17) is 0 Å². The van der Waals surface area contributed by atoms with Crippen LogP contribution in [-0.2, 0) is 6.54 Å². The molecule has 6 nitrogen and oxygen atoms in total. The fraction of sp³-hybridized carbons (Fsp3) is 0.391. The van der Waals surface area contributed by atoms with Gasteiger partial charge in [-0.05, 0) is 56.5 Å². The third-order valence-electron chi connectivity index (χ3n) is 6.17. The topological polar surface area (TPSA) is 69.9 Å². The van der Waals surface area contributed by atoms with Crippen LogP contribution < -0.4 is 5.32 Å². The average molecular weight is 410 g/mol. The molecule has 1 fully saturated rings. The number of carbonyl (C=O) groups is 1. The maximum Gasteiger partial charge on any atom is 0.255 e. The normalized spacial score (nSPS) is 14.3. The van der Waals surface area contributed by atoms with Gasteiger partial charge in [0.15, 0.2) is 5.65 Å². The lowest BCUT2D eigenvalue weighted by molar-refractivity contribution is 0.0361. The Labute approximate surface area is 175 Å². The van der Waals surface area contributed by atoms with Gasteiger partial charge < -0.3 is 19.7 Å². The van der Waals surface area contributed by atoms with Crippen LogP contribution in [0.15, 0.2) is 24.4 Å². The van der Waals surface area contributed by atoms with Gasteiger partial charge in [0.1, 0.15) is 5.82 Å². The van der Waals surface area contributed by atoms with Crippen LogP contribution in [0.4, 0.5) is 10.1 Å². The highest BCUT2D eigenvalue weighted by atomic mass is 19.1. The van der Waals surface area contributed by atoms with E-state index in [0.29, 0.717) is 30.8 Å². The predicted molar refractivity (Wildman–Crippen MR) is 114 cm³/mol. The highest BCUT2D eigenvalue weighted by molar-refractivity contribution is 5.96. The van der Waals surface area contributed by atoms with E-state index in [1.807, 2.05) is 37.4 Å². The van der Waals surface area contributed by atoms with Gasteiger partial charge in [0.05, 0.1) is 16.9 Å². The molecule has 1 aromatic carbocycles. The van der Waals surface area contributed by atoms with E-state index in [9.17, 15) is 14.3 Å². The summed E-state index contributed by atoms with van der Waals surface area (Å²) in [5.41, 5.74) is 6.44. The van der Waals surface area contributed by atoms with Gasteiger partial charge in [0, 0.05) is 44.0 Å². The van der Waals surface area contributed by atoms with Crippen molar-refractivity contribution >= 4 is 17.2 Å². The number of fused-ring (bicyclic) bond motifs is 1. The molecule has 4 rings (SSSR count). The van der Waals surface area contributed by atoms with Crippen molar-refractivity contribution in [2.45, 2.75) is 34.2 Å². The Hall–Kier alpha value is -2.93. The molecule has 1 amide bonds. The number of amides is 1. The minimum absolute atomic E-state index is 0.0616. The number of carbonyl (C=O) groups excluding carboxylic acids is 1. The number of nitrogens with one attached hydrogen (secondary N) is 1. The highest BCUT2D eigenvalue weighted by Crippen LogP contribution is 2.26. The Kier molecular flexibility index (Phi) is 5.24. The lowest BCUT2D eigenvalue weighted by Crippen LogP contribution is -2.51. The number of imidazole rings is 1. The van der Waals surface area contributed by atoms with E-state index in [2.05, 4.69) is 10.3 Å². The number of rotatable bonds is 5. The number of aromatic nitrogens is 2. The number of aliphatic hydroxyl groups excluding tert-OH is 1. The molecular formula is C23H27FN4O2. The van der Waals surface area contributed by atoms with Crippen molar-refractivity contribution in [3.8, 4) is 0 Å². The van der Waals surface area contributed by atoms with Gasteiger partial charge in [-0.1, -0.05) is 6.07 Å². The van der Waals surface area contributed by atoms with Gasteiger partial charge in [0.2, 0.25) is 0 Å². The molecule has 158 valence electrons. The molecule has 1 aliphatic rings. The van der Waals surface area contributed by atoms with E-state index < -0.39 is 0 Å². The lowest BCUT2D eigenvalue weighted by atomic mass is 10.00. The van der Waals surface area contributed by atoms with Crippen LogP contribution in [0.3, 0.4) is 0 Å². The third-order valence-corrected chi connectivity index (χ3v) is 6.17. The largest absolute Gasteiger partial charge is 0.396 e. The van der Waals surface area contributed by atoms with Crippen LogP contribution in [0.25, 0.3) is 5.65 Å². The van der Waals surface area contributed by atoms with Gasteiger partial charge in [-0.2, -0.15) is 0 Å². The maximum atomic E-state index is 14.0. The fourth-order valence-corrected chi connectivity index (χ4v) is 3.97. The van der Waals surface area contributed by atoms with Gasteiger partial charge in [-0.3, -0.25) is 4.79 Å². The van der Waals surface area contributed by atoms with Crippen LogP contribution in [0.1, 0.15) is 38.4 Å². The summed E-state index contributed by atoms with van der Waals surface area (Å²) in [6.07, 6.45) is 1.82. The molecule has 0 aliphatic carbocycles. The average Bonchev–Trinajstić information content (AvgIpc) is 2.98. The number of aliphatic hydroxyl groups is 1. The number of nitrogens with zero attached hydrogens (tertiary/aromatic N) is 3. The Morgan fingerprint density at radius 2 is 2.00 bits per heavy atom. The highest BCUT2D eigenvalue weighted by Gasteiger charge is 2.31. The summed E-state index contributed by atoms with van der Waals surface area (Å²) in [4.78, 5) is 19.4. The van der Waals surface area contributed by atoms with Crippen LogP contribution in [0, 0.1) is 39.4 Å². The molecule has 0 bridgehead atoms. The Bertz CT molecular complexity index is 1130. The van der Waals surface area contributed by atoms with E-state index in [1.165, 1.54) is 6.07 Å². The third kappa shape index (κ3) is 3.43. The minimum atomic E-state index is -0.227. The molecule has 0 atom stereocenters. The van der Waals surface area contributed by atoms with Crippen molar-refractivity contribution in [3.63, 3.8) is 0 Å². The summed E-state index contributed by atoms with van der Waals surface area (Å²) >= 11 is 0. The van der Waals surface area contributed by atoms with E-state index in [1.54, 1.807) is 17.9 Å². The maximum absolute atomic E-state index is 14.0. The standard InChI is InChI=1S/C23H27FN4O2/c1-13-5-6-20(24)14(2)19(13)8-25-21-7-18(23(30)27-9-17(10-27)12-29)11-28-16(4)15(3)26-22(21)28/h5-7,11,17,25,29H,8-10,12H2,1-4H3. The predicted octanol–water partition coefficient (Wildman–Crippen LogP) is 3.38. The number of anilines is 1. The summed E-state index contributed by atoms with van der Waals surface area (Å²) in [5, 5.41) is 12.6. The zero-order valence-electron chi connectivity index (χ0n) is 17.8. The van der Waals surface area contributed by atoms with E-state index in [-0.39, 0.29) is 24.2 Å². The monoisotopic (exact) mass is 410 g/mol. The van der Waals surface area contributed by atoms with Gasteiger partial charge in [-0.25, -0.2) is 9.37 Å². The Morgan fingerprint density at radius 1 is 1.27 bits per heavy atom. The van der Waals surface area contributed by atoms with Crippen molar-refractivity contribution < 1.29 is 14.3 Å². The van der Waals surface area contributed by atoms with Gasteiger partial charge in [0.25, 0.3) is 5.91 Å². The first-order valence-corrected chi connectivity index (χ1v) is 10.2. The summed E-state index contributed by atoms with van der Waals surface area (Å²) in [5.74, 6) is -0.129. The zero-order valence-corrected chi connectivity index (χ0v) is 17.8. The number of likely N-dealkylation sites (tertiary alicyclic amines) is 1. The smallest absolute Gasteiger partial charge is 0.255 e. The first kappa shape index (κ1) is 20.3. The Morgan fingerprint density at radius 3 is 2.70 bits per heavy atom. The van der Waals surface area contributed by atoms with E-state index in [0.717, 1.165) is 33.8 Å². The number of halogens is 1. The first-order valence-electron chi connectivity index (χ1n) is 10.2. The second-order valence-corrected chi connectivity index (χ2v) is 8.20. The molecule has 3 heterocycles. The van der Waals surface area contributed by atoms with Crippen molar-refractivity contribution in [2.24, 2.45) is 5.92 Å². The number of hydrogen-bond donors (Lipinski definition) is 2. The van der Waals surface area contributed by atoms with Crippen molar-refractivity contribution in [3.05, 3.63) is 63.9 Å². The number of benzene rings is 1. The van der Waals surface area contributed by atoms with Crippen LogP contribution in [0.2, 0.25) is 0 Å². The van der Waals surface area contributed by atoms with Crippen molar-refractivity contribution in [1.29, 1.82) is 0 Å². The Balaban J connectivity index is 1.69. The van der Waals surface area contributed by atoms with Crippen molar-refractivity contribution in [1.82, 2.24) is 14.3 Å². The lowest BCUT2D eigenvalue weighted by Gasteiger charge is -2.38. The van der Waals surface area contributed by atoms with Crippen LogP contribution in [0.5, 0.6) is 0 Å². The van der Waals surface area contributed by atoms with Gasteiger partial charge in [-0.15, -0.1) is 0 Å². The zero-order chi connectivity index (χ0) is 21.6. The fourth-order valence-electron chi connectivity index (χ4n) is 3.97. The van der Waals surface area contributed by atoms with E-state index >= 15 is 0 Å². The summed E-state index contributed by atoms with van der Waals surface area (Å²) in [6.45, 7) is 9.32. The number of hydrogen-bond acceptors (Lipinski definition) is 4. The van der Waals surface area contributed by atoms with Crippen LogP contribution in [-0.4, -0.2) is 45.0 Å². The molecule has 2 aromatic heterocycles. The second kappa shape index (κ2) is 7.72. The van der Waals surface area contributed by atoms with Crippen molar-refractivity contribution in [2.75, 3.05) is 25.0 Å². The summed E-state index contributed by atoms with van der Waals surface area (Å²) < 4.78 is 16.0. The molecule has 1 saturated heterocycles. The SMILES string of the molecule is Cc1ccc(F)c(C)c1CNc1cc(C(=O)N2CC(CO)C2)cn2c(C)c(C)nc12. The first-order chi connectivity index (χ1) is 14.3. The summed E-state index contributed by atoms with van der Waals surface area (Å²) in [7, 11) is 0. The quantitative estimate of drug-likeness (QED) is 0.677. The molecule has 2 N–H and O–H groups in total. The molecule has 0 unspecified atom stereocenters. The molecule has 1 aliphatic heterocycles. The molecule has 7 heteroatoms. The summed E-state index contributed by atoms with van der Waals surface area (Å²) in [6, 6.07) is 5.08. The molecule has 0 radical (unpaired) electrons.